The Morgan fingerprint density at radius 1 is 1.47 bits per heavy atom. The third kappa shape index (κ3) is 2.92. The molecule has 0 aliphatic heterocycles. The van der Waals surface area contributed by atoms with Gasteiger partial charge in [0.05, 0.1) is 31.1 Å². The topological polar surface area (TPSA) is 48.3 Å². The van der Waals surface area contributed by atoms with Crippen LogP contribution in [0.3, 0.4) is 0 Å². The molecule has 2 unspecified atom stereocenters. The molecule has 1 saturated carbocycles. The summed E-state index contributed by atoms with van der Waals surface area (Å²) in [6, 6.07) is 0.126. The smallest absolute Gasteiger partial charge is 0.161 e. The highest BCUT2D eigenvalue weighted by molar-refractivity contribution is 5.29. The molecule has 1 aliphatic carbocycles. The zero-order valence-corrected chi connectivity index (χ0v) is 12.3. The number of aryl methyl sites for hydroxylation is 1. The number of ether oxygens (including phenoxy) is 2. The van der Waals surface area contributed by atoms with Crippen molar-refractivity contribution < 1.29 is 9.47 Å². The van der Waals surface area contributed by atoms with Crippen molar-refractivity contribution in [3.8, 4) is 5.75 Å². The van der Waals surface area contributed by atoms with E-state index in [-0.39, 0.29) is 12.1 Å². The standard InChI is InChI=1S/C14H25N3O2/c1-5-8-17-13(11(18-3)9-16-17)12(15-2)14(19-4)10-6-7-10/h9-10,12,14-15H,5-8H2,1-4H3. The van der Waals surface area contributed by atoms with Gasteiger partial charge in [0.25, 0.3) is 0 Å². The fourth-order valence-corrected chi connectivity index (χ4v) is 2.72. The van der Waals surface area contributed by atoms with Gasteiger partial charge in [-0.2, -0.15) is 5.10 Å². The molecule has 1 aromatic heterocycles. The molecule has 1 fully saturated rings. The fraction of sp³-hybridized carbons (Fsp3) is 0.786. The van der Waals surface area contributed by atoms with Crippen molar-refractivity contribution in [2.75, 3.05) is 21.3 Å². The van der Waals surface area contributed by atoms with E-state index < -0.39 is 0 Å². The van der Waals surface area contributed by atoms with Crippen molar-refractivity contribution in [2.24, 2.45) is 5.92 Å². The van der Waals surface area contributed by atoms with Gasteiger partial charge in [-0.15, -0.1) is 0 Å². The van der Waals surface area contributed by atoms with E-state index in [0.29, 0.717) is 5.92 Å². The highest BCUT2D eigenvalue weighted by Crippen LogP contribution is 2.41. The molecule has 0 bridgehead atoms. The first-order chi connectivity index (χ1) is 9.26. The second-order valence-electron chi connectivity index (χ2n) is 5.13. The summed E-state index contributed by atoms with van der Waals surface area (Å²) in [5.74, 6) is 1.49. The maximum atomic E-state index is 5.72. The molecule has 2 atom stereocenters. The van der Waals surface area contributed by atoms with E-state index in [1.807, 2.05) is 11.7 Å². The minimum Gasteiger partial charge on any atom is -0.493 e. The van der Waals surface area contributed by atoms with E-state index in [4.69, 9.17) is 9.47 Å². The Kier molecular flexibility index (Phi) is 4.82. The van der Waals surface area contributed by atoms with Crippen LogP contribution < -0.4 is 10.1 Å². The first-order valence-corrected chi connectivity index (χ1v) is 7.06. The Balaban J connectivity index is 2.31. The molecule has 0 radical (unpaired) electrons. The summed E-state index contributed by atoms with van der Waals surface area (Å²) < 4.78 is 13.2. The lowest BCUT2D eigenvalue weighted by atomic mass is 10.0. The Labute approximate surface area is 115 Å². The molecule has 19 heavy (non-hydrogen) atoms. The molecule has 2 rings (SSSR count). The number of likely N-dealkylation sites (N-methyl/N-ethyl adjacent to an activating group) is 1. The summed E-state index contributed by atoms with van der Waals surface area (Å²) in [6.07, 6.45) is 5.54. The first-order valence-electron chi connectivity index (χ1n) is 7.06. The largest absolute Gasteiger partial charge is 0.493 e. The summed E-state index contributed by atoms with van der Waals surface area (Å²) in [5.41, 5.74) is 1.10. The van der Waals surface area contributed by atoms with Crippen LogP contribution in [-0.2, 0) is 11.3 Å². The first kappa shape index (κ1) is 14.3. The Morgan fingerprint density at radius 2 is 2.21 bits per heavy atom. The molecular formula is C14H25N3O2. The molecular weight excluding hydrogens is 242 g/mol. The zero-order valence-electron chi connectivity index (χ0n) is 12.3. The van der Waals surface area contributed by atoms with E-state index in [1.54, 1.807) is 20.4 Å². The molecule has 108 valence electrons. The summed E-state index contributed by atoms with van der Waals surface area (Å²) in [7, 11) is 5.46. The Bertz CT molecular complexity index is 401. The van der Waals surface area contributed by atoms with Crippen LogP contribution in [-0.4, -0.2) is 37.2 Å². The number of methoxy groups -OCH3 is 2. The van der Waals surface area contributed by atoms with E-state index in [2.05, 4.69) is 17.3 Å². The lowest BCUT2D eigenvalue weighted by molar-refractivity contribution is 0.0495. The van der Waals surface area contributed by atoms with Crippen LogP contribution in [0.2, 0.25) is 0 Å². The third-order valence-electron chi connectivity index (χ3n) is 3.79. The van der Waals surface area contributed by atoms with Crippen molar-refractivity contribution in [2.45, 2.75) is 44.9 Å². The molecule has 0 saturated heterocycles. The van der Waals surface area contributed by atoms with Gasteiger partial charge < -0.3 is 14.8 Å². The third-order valence-corrected chi connectivity index (χ3v) is 3.79. The van der Waals surface area contributed by atoms with Crippen LogP contribution in [0.4, 0.5) is 0 Å². The van der Waals surface area contributed by atoms with Crippen molar-refractivity contribution in [1.82, 2.24) is 15.1 Å². The second kappa shape index (κ2) is 6.39. The average molecular weight is 267 g/mol. The minimum atomic E-state index is 0.126. The lowest BCUT2D eigenvalue weighted by Crippen LogP contribution is -2.34. The molecule has 1 aliphatic rings. The number of nitrogens with one attached hydrogen (secondary N) is 1. The fourth-order valence-electron chi connectivity index (χ4n) is 2.72. The Morgan fingerprint density at radius 3 is 2.68 bits per heavy atom. The number of aromatic nitrogens is 2. The highest BCUT2D eigenvalue weighted by atomic mass is 16.5. The predicted octanol–water partition coefficient (Wildman–Crippen LogP) is 1.99. The van der Waals surface area contributed by atoms with Gasteiger partial charge in [-0.25, -0.2) is 0 Å². The van der Waals surface area contributed by atoms with Gasteiger partial charge >= 0.3 is 0 Å². The summed E-state index contributed by atoms with van der Waals surface area (Å²) >= 11 is 0. The van der Waals surface area contributed by atoms with Crippen LogP contribution in [0.5, 0.6) is 5.75 Å². The maximum absolute atomic E-state index is 5.72. The molecule has 5 heteroatoms. The van der Waals surface area contributed by atoms with Crippen LogP contribution in [0, 0.1) is 5.92 Å². The predicted molar refractivity (Wildman–Crippen MR) is 74.4 cm³/mol. The molecule has 5 nitrogen and oxygen atoms in total. The van der Waals surface area contributed by atoms with Crippen LogP contribution in [0.15, 0.2) is 6.20 Å². The van der Waals surface area contributed by atoms with Gasteiger partial charge in [0.15, 0.2) is 5.75 Å². The quantitative estimate of drug-likeness (QED) is 0.782. The number of nitrogens with zero attached hydrogens (tertiary/aromatic N) is 2. The zero-order chi connectivity index (χ0) is 13.8. The van der Waals surface area contributed by atoms with Crippen molar-refractivity contribution in [3.05, 3.63) is 11.9 Å². The van der Waals surface area contributed by atoms with Gasteiger partial charge in [-0.1, -0.05) is 6.92 Å². The van der Waals surface area contributed by atoms with Gasteiger partial charge in [-0.3, -0.25) is 4.68 Å². The molecule has 1 N–H and O–H groups in total. The van der Waals surface area contributed by atoms with E-state index >= 15 is 0 Å². The number of hydrogen-bond donors (Lipinski definition) is 1. The normalized spacial score (nSPS) is 18.3. The van der Waals surface area contributed by atoms with Crippen molar-refractivity contribution in [1.29, 1.82) is 0 Å². The second-order valence-corrected chi connectivity index (χ2v) is 5.13. The monoisotopic (exact) mass is 267 g/mol. The molecule has 0 amide bonds. The van der Waals surface area contributed by atoms with Crippen molar-refractivity contribution >= 4 is 0 Å². The van der Waals surface area contributed by atoms with E-state index in [1.165, 1.54) is 12.8 Å². The molecule has 0 spiro atoms. The summed E-state index contributed by atoms with van der Waals surface area (Å²) in [5, 5.41) is 7.82. The number of rotatable bonds is 8. The van der Waals surface area contributed by atoms with E-state index in [0.717, 1.165) is 24.4 Å². The van der Waals surface area contributed by atoms with Crippen LogP contribution >= 0.6 is 0 Å². The SMILES string of the molecule is CCCn1ncc(OC)c1C(NC)C(OC)C1CC1. The van der Waals surface area contributed by atoms with Crippen molar-refractivity contribution in [3.63, 3.8) is 0 Å². The molecule has 1 heterocycles. The van der Waals surface area contributed by atoms with E-state index in [9.17, 15) is 0 Å². The lowest BCUT2D eigenvalue weighted by Gasteiger charge is -2.27. The van der Waals surface area contributed by atoms with Gasteiger partial charge in [0, 0.05) is 13.7 Å². The minimum absolute atomic E-state index is 0.126. The van der Waals surface area contributed by atoms with Gasteiger partial charge in [0.1, 0.15) is 0 Å². The highest BCUT2D eigenvalue weighted by Gasteiger charge is 2.39. The maximum Gasteiger partial charge on any atom is 0.161 e. The summed E-state index contributed by atoms with van der Waals surface area (Å²) in [6.45, 7) is 3.05. The van der Waals surface area contributed by atoms with Gasteiger partial charge in [-0.05, 0) is 32.2 Å². The average Bonchev–Trinajstić information content (AvgIpc) is 3.18. The van der Waals surface area contributed by atoms with Gasteiger partial charge in [0.2, 0.25) is 0 Å². The molecule has 0 aromatic carbocycles. The summed E-state index contributed by atoms with van der Waals surface area (Å²) in [4.78, 5) is 0. The Hall–Kier alpha value is -1.07. The number of hydrogen-bond acceptors (Lipinski definition) is 4. The molecule has 1 aromatic rings. The van der Waals surface area contributed by atoms with Crippen LogP contribution in [0.25, 0.3) is 0 Å². The van der Waals surface area contributed by atoms with Crippen LogP contribution in [0.1, 0.15) is 37.9 Å².